The normalized spacial score (nSPS) is 23.9. The first-order valence-electron chi connectivity index (χ1n) is 10.9. The number of urea groups is 1. The maximum absolute atomic E-state index is 12.8. The van der Waals surface area contributed by atoms with Gasteiger partial charge in [0.05, 0.1) is 0 Å². The van der Waals surface area contributed by atoms with E-state index in [1.807, 2.05) is 23.1 Å². The van der Waals surface area contributed by atoms with Gasteiger partial charge in [-0.15, -0.1) is 0 Å². The Morgan fingerprint density at radius 3 is 2.64 bits per heavy atom. The van der Waals surface area contributed by atoms with Gasteiger partial charge in [-0.1, -0.05) is 6.92 Å². The highest BCUT2D eigenvalue weighted by Gasteiger charge is 2.24. The highest BCUT2D eigenvalue weighted by molar-refractivity contribution is 5.89. The topological polar surface area (TPSA) is 54.0 Å². The second-order valence-electron chi connectivity index (χ2n) is 8.56. The lowest BCUT2D eigenvalue weighted by molar-refractivity contribution is 0.160. The van der Waals surface area contributed by atoms with Gasteiger partial charge in [-0.2, -0.15) is 0 Å². The van der Waals surface area contributed by atoms with E-state index in [1.54, 1.807) is 0 Å². The molecule has 6 nitrogen and oxygen atoms in total. The van der Waals surface area contributed by atoms with Crippen LogP contribution in [-0.4, -0.2) is 61.8 Å². The number of ether oxygens (including phenoxy) is 2. The van der Waals surface area contributed by atoms with E-state index < -0.39 is 0 Å². The Labute approximate surface area is 168 Å². The Morgan fingerprint density at radius 2 is 1.82 bits per heavy atom. The smallest absolute Gasteiger partial charge is 0.321 e. The second kappa shape index (κ2) is 9.03. The number of hydrogen-bond acceptors (Lipinski definition) is 4. The van der Waals surface area contributed by atoms with Crippen LogP contribution >= 0.6 is 0 Å². The molecule has 28 heavy (non-hydrogen) atoms. The van der Waals surface area contributed by atoms with Gasteiger partial charge < -0.3 is 24.6 Å². The summed E-state index contributed by atoms with van der Waals surface area (Å²) in [5.74, 6) is 3.04. The Bertz CT molecular complexity index is 673. The first kappa shape index (κ1) is 19.4. The minimum atomic E-state index is -0.0101. The molecular weight excluding hydrogens is 354 g/mol. The third-order valence-corrected chi connectivity index (χ3v) is 6.32. The summed E-state index contributed by atoms with van der Waals surface area (Å²) in [4.78, 5) is 17.4. The number of carbonyl (C=O) groups is 1. The quantitative estimate of drug-likeness (QED) is 0.857. The van der Waals surface area contributed by atoms with Crippen LogP contribution in [-0.2, 0) is 0 Å². The zero-order valence-electron chi connectivity index (χ0n) is 17.0. The molecule has 2 saturated heterocycles. The third-order valence-electron chi connectivity index (χ3n) is 6.32. The monoisotopic (exact) mass is 387 g/mol. The first-order chi connectivity index (χ1) is 13.7. The standard InChI is InChI=1S/C22H33N3O3/c1-17-6-10-24(11-7-17)16-18-3-2-9-25(12-8-18)22(26)23-19-4-5-20-21(15-19)28-14-13-27-20/h4-5,15,17-18H,2-3,6-14,16H2,1H3,(H,23,26). The summed E-state index contributed by atoms with van der Waals surface area (Å²) in [5.41, 5.74) is 0.762. The van der Waals surface area contributed by atoms with Crippen molar-refractivity contribution in [2.45, 2.75) is 39.0 Å². The number of amides is 2. The number of nitrogens with one attached hydrogen (secondary N) is 1. The van der Waals surface area contributed by atoms with E-state index in [9.17, 15) is 4.79 Å². The van der Waals surface area contributed by atoms with Gasteiger partial charge in [0.2, 0.25) is 0 Å². The molecule has 2 fully saturated rings. The Kier molecular flexibility index (Phi) is 6.25. The van der Waals surface area contributed by atoms with E-state index in [0.29, 0.717) is 24.9 Å². The van der Waals surface area contributed by atoms with E-state index in [2.05, 4.69) is 17.1 Å². The zero-order chi connectivity index (χ0) is 19.3. The van der Waals surface area contributed by atoms with E-state index in [1.165, 1.54) is 38.9 Å². The molecule has 3 aliphatic heterocycles. The molecule has 0 radical (unpaired) electrons. The van der Waals surface area contributed by atoms with Crippen LogP contribution in [0.4, 0.5) is 10.5 Å². The zero-order valence-corrected chi connectivity index (χ0v) is 17.0. The first-order valence-corrected chi connectivity index (χ1v) is 10.9. The fourth-order valence-electron chi connectivity index (χ4n) is 4.48. The maximum Gasteiger partial charge on any atom is 0.321 e. The molecule has 154 valence electrons. The Balaban J connectivity index is 1.27. The summed E-state index contributed by atoms with van der Waals surface area (Å²) >= 11 is 0. The highest BCUT2D eigenvalue weighted by atomic mass is 16.6. The molecule has 1 atom stereocenters. The number of piperidine rings is 1. The number of likely N-dealkylation sites (tertiary alicyclic amines) is 2. The van der Waals surface area contributed by atoms with Gasteiger partial charge in [-0.05, 0) is 69.2 Å². The molecule has 0 spiro atoms. The lowest BCUT2D eigenvalue weighted by atomic mass is 9.95. The summed E-state index contributed by atoms with van der Waals surface area (Å²) in [7, 11) is 0. The van der Waals surface area contributed by atoms with E-state index >= 15 is 0 Å². The molecule has 1 N–H and O–H groups in total. The molecule has 1 unspecified atom stereocenters. The van der Waals surface area contributed by atoms with Crippen molar-refractivity contribution in [1.29, 1.82) is 0 Å². The summed E-state index contributed by atoms with van der Waals surface area (Å²) in [6.07, 6.45) is 6.07. The van der Waals surface area contributed by atoms with Crippen LogP contribution in [0, 0.1) is 11.8 Å². The maximum atomic E-state index is 12.8. The van der Waals surface area contributed by atoms with Gasteiger partial charge in [0.25, 0.3) is 0 Å². The van der Waals surface area contributed by atoms with Gasteiger partial charge in [-0.3, -0.25) is 0 Å². The molecule has 2 amide bonds. The molecule has 3 heterocycles. The van der Waals surface area contributed by atoms with Crippen molar-refractivity contribution in [3.8, 4) is 11.5 Å². The molecule has 1 aromatic rings. The summed E-state index contributed by atoms with van der Waals surface area (Å²) in [6, 6.07) is 5.58. The number of fused-ring (bicyclic) bond motifs is 1. The van der Waals surface area contributed by atoms with Crippen LogP contribution in [0.2, 0.25) is 0 Å². The lowest BCUT2D eigenvalue weighted by Gasteiger charge is -2.32. The van der Waals surface area contributed by atoms with Crippen LogP contribution in [0.5, 0.6) is 11.5 Å². The number of nitrogens with zero attached hydrogens (tertiary/aromatic N) is 2. The van der Waals surface area contributed by atoms with E-state index in [0.717, 1.165) is 43.3 Å². The number of hydrogen-bond donors (Lipinski definition) is 1. The van der Waals surface area contributed by atoms with Crippen molar-refractivity contribution in [2.24, 2.45) is 11.8 Å². The minimum absolute atomic E-state index is 0.0101. The van der Waals surface area contributed by atoms with Crippen molar-refractivity contribution in [3.05, 3.63) is 18.2 Å². The lowest BCUT2D eigenvalue weighted by Crippen LogP contribution is -2.37. The largest absolute Gasteiger partial charge is 0.486 e. The summed E-state index contributed by atoms with van der Waals surface area (Å²) in [5, 5.41) is 3.03. The number of anilines is 1. The van der Waals surface area contributed by atoms with Crippen molar-refractivity contribution in [3.63, 3.8) is 0 Å². The summed E-state index contributed by atoms with van der Waals surface area (Å²) < 4.78 is 11.2. The predicted octanol–water partition coefficient (Wildman–Crippen LogP) is 3.82. The van der Waals surface area contributed by atoms with Gasteiger partial charge in [0.1, 0.15) is 13.2 Å². The summed E-state index contributed by atoms with van der Waals surface area (Å²) in [6.45, 7) is 8.84. The SMILES string of the molecule is CC1CCN(CC2CCCN(C(=O)Nc3ccc4c(c3)OCCO4)CC2)CC1. The highest BCUT2D eigenvalue weighted by Crippen LogP contribution is 2.32. The minimum Gasteiger partial charge on any atom is -0.486 e. The average molecular weight is 388 g/mol. The molecule has 1 aromatic carbocycles. The average Bonchev–Trinajstić information content (AvgIpc) is 2.95. The van der Waals surface area contributed by atoms with Crippen LogP contribution < -0.4 is 14.8 Å². The molecule has 0 saturated carbocycles. The van der Waals surface area contributed by atoms with Crippen LogP contribution in [0.25, 0.3) is 0 Å². The molecule has 4 rings (SSSR count). The van der Waals surface area contributed by atoms with Crippen molar-refractivity contribution >= 4 is 11.7 Å². The fraction of sp³-hybridized carbons (Fsp3) is 0.682. The van der Waals surface area contributed by atoms with Crippen molar-refractivity contribution in [1.82, 2.24) is 9.80 Å². The molecule has 0 aliphatic carbocycles. The Hall–Kier alpha value is -1.95. The van der Waals surface area contributed by atoms with Gasteiger partial charge in [0.15, 0.2) is 11.5 Å². The molecule has 6 heteroatoms. The van der Waals surface area contributed by atoms with E-state index in [-0.39, 0.29) is 6.03 Å². The second-order valence-corrected chi connectivity index (χ2v) is 8.56. The van der Waals surface area contributed by atoms with Crippen LogP contribution in [0.3, 0.4) is 0 Å². The van der Waals surface area contributed by atoms with Gasteiger partial charge >= 0.3 is 6.03 Å². The van der Waals surface area contributed by atoms with Gasteiger partial charge in [-0.25, -0.2) is 4.79 Å². The third kappa shape index (κ3) is 4.90. The number of benzene rings is 1. The van der Waals surface area contributed by atoms with Crippen LogP contribution in [0.1, 0.15) is 39.0 Å². The predicted molar refractivity (Wildman–Crippen MR) is 110 cm³/mol. The van der Waals surface area contributed by atoms with Gasteiger partial charge in [0, 0.05) is 31.4 Å². The number of rotatable bonds is 3. The fourth-order valence-corrected chi connectivity index (χ4v) is 4.48. The van der Waals surface area contributed by atoms with Crippen molar-refractivity contribution < 1.29 is 14.3 Å². The number of carbonyl (C=O) groups excluding carboxylic acids is 1. The molecule has 0 aromatic heterocycles. The molecular formula is C22H33N3O3. The molecule has 3 aliphatic rings. The van der Waals surface area contributed by atoms with Crippen LogP contribution in [0.15, 0.2) is 18.2 Å². The molecule has 0 bridgehead atoms. The van der Waals surface area contributed by atoms with E-state index in [4.69, 9.17) is 9.47 Å². The Morgan fingerprint density at radius 1 is 1.04 bits per heavy atom. The van der Waals surface area contributed by atoms with Crippen molar-refractivity contribution in [2.75, 3.05) is 51.3 Å².